The van der Waals surface area contributed by atoms with Gasteiger partial charge in [-0.3, -0.25) is 0 Å². The van der Waals surface area contributed by atoms with Gasteiger partial charge in [-0.05, 0) is 37.5 Å². The molecule has 0 heterocycles. The van der Waals surface area contributed by atoms with Crippen LogP contribution in [0.4, 0.5) is 0 Å². The first-order chi connectivity index (χ1) is 8.48. The van der Waals surface area contributed by atoms with Crippen molar-refractivity contribution in [1.29, 1.82) is 0 Å². The van der Waals surface area contributed by atoms with Gasteiger partial charge in [0.05, 0.1) is 11.4 Å². The van der Waals surface area contributed by atoms with E-state index in [0.717, 1.165) is 44.9 Å². The van der Waals surface area contributed by atoms with E-state index in [9.17, 15) is 13.5 Å². The van der Waals surface area contributed by atoms with E-state index < -0.39 is 9.84 Å². The second kappa shape index (κ2) is 5.91. The minimum atomic E-state index is -2.91. The first kappa shape index (κ1) is 14.3. The van der Waals surface area contributed by atoms with Gasteiger partial charge in [0.25, 0.3) is 0 Å². The Bertz CT molecular complexity index is 363. The summed E-state index contributed by atoms with van der Waals surface area (Å²) >= 11 is 0. The van der Waals surface area contributed by atoms with E-state index in [1.807, 2.05) is 0 Å². The lowest BCUT2D eigenvalue weighted by molar-refractivity contribution is 0.0535. The molecule has 106 valence electrons. The normalized spacial score (nSPS) is 39.2. The molecule has 0 amide bonds. The van der Waals surface area contributed by atoms with Crippen molar-refractivity contribution in [2.75, 3.05) is 6.26 Å². The van der Waals surface area contributed by atoms with Gasteiger partial charge in [0, 0.05) is 6.26 Å². The lowest BCUT2D eigenvalue weighted by Gasteiger charge is -2.35. The zero-order chi connectivity index (χ0) is 13.2. The number of aliphatic hydroxyl groups excluding tert-OH is 1. The Morgan fingerprint density at radius 3 is 2.39 bits per heavy atom. The molecule has 2 aliphatic carbocycles. The fraction of sp³-hybridized carbons (Fsp3) is 1.00. The van der Waals surface area contributed by atoms with Gasteiger partial charge in [-0.15, -0.1) is 0 Å². The van der Waals surface area contributed by atoms with Crippen molar-refractivity contribution in [3.63, 3.8) is 0 Å². The molecule has 0 saturated heterocycles. The van der Waals surface area contributed by atoms with E-state index in [1.165, 1.54) is 19.1 Å². The van der Waals surface area contributed by atoms with Gasteiger partial charge in [0.2, 0.25) is 0 Å². The molecule has 0 radical (unpaired) electrons. The zero-order valence-electron chi connectivity index (χ0n) is 11.3. The van der Waals surface area contributed by atoms with Crippen molar-refractivity contribution < 1.29 is 13.5 Å². The highest BCUT2D eigenvalue weighted by molar-refractivity contribution is 7.91. The van der Waals surface area contributed by atoms with Crippen LogP contribution in [0.25, 0.3) is 0 Å². The molecule has 4 heteroatoms. The third-order valence-corrected chi connectivity index (χ3v) is 6.55. The van der Waals surface area contributed by atoms with Crippen molar-refractivity contribution in [2.45, 2.75) is 69.1 Å². The van der Waals surface area contributed by atoms with Crippen LogP contribution in [0.5, 0.6) is 0 Å². The Morgan fingerprint density at radius 2 is 1.67 bits per heavy atom. The Labute approximate surface area is 111 Å². The van der Waals surface area contributed by atoms with E-state index >= 15 is 0 Å². The van der Waals surface area contributed by atoms with E-state index in [2.05, 4.69) is 0 Å². The van der Waals surface area contributed by atoms with Crippen LogP contribution in [-0.4, -0.2) is 31.1 Å². The van der Waals surface area contributed by atoms with Gasteiger partial charge in [-0.1, -0.05) is 32.1 Å². The van der Waals surface area contributed by atoms with Gasteiger partial charge in [-0.2, -0.15) is 0 Å². The second-order valence-corrected chi connectivity index (χ2v) is 8.57. The van der Waals surface area contributed by atoms with Crippen LogP contribution in [0.2, 0.25) is 0 Å². The SMILES string of the molecule is CS(=O)(=O)C1CCCC(C2CCCCCC2O)C1. The minimum Gasteiger partial charge on any atom is -0.393 e. The summed E-state index contributed by atoms with van der Waals surface area (Å²) in [5.74, 6) is 0.767. The van der Waals surface area contributed by atoms with Crippen molar-refractivity contribution >= 4 is 9.84 Å². The molecule has 0 aliphatic heterocycles. The van der Waals surface area contributed by atoms with Crippen LogP contribution < -0.4 is 0 Å². The maximum absolute atomic E-state index is 11.7. The lowest BCUT2D eigenvalue weighted by Crippen LogP contribution is -2.35. The van der Waals surface area contributed by atoms with Crippen molar-refractivity contribution in [3.05, 3.63) is 0 Å². The molecule has 2 rings (SSSR count). The summed E-state index contributed by atoms with van der Waals surface area (Å²) in [7, 11) is -2.91. The smallest absolute Gasteiger partial charge is 0.150 e. The molecule has 2 aliphatic rings. The number of sulfone groups is 1. The summed E-state index contributed by atoms with van der Waals surface area (Å²) in [5.41, 5.74) is 0. The van der Waals surface area contributed by atoms with Crippen molar-refractivity contribution in [3.8, 4) is 0 Å². The molecular weight excluding hydrogens is 248 g/mol. The third kappa shape index (κ3) is 3.47. The summed E-state index contributed by atoms with van der Waals surface area (Å²) in [6.07, 6.45) is 10.4. The highest BCUT2D eigenvalue weighted by Gasteiger charge is 2.36. The van der Waals surface area contributed by atoms with Gasteiger partial charge in [0.1, 0.15) is 9.84 Å². The largest absolute Gasteiger partial charge is 0.393 e. The minimum absolute atomic E-state index is 0.160. The number of rotatable bonds is 2. The van der Waals surface area contributed by atoms with Crippen LogP contribution in [0.1, 0.15) is 57.8 Å². The average molecular weight is 274 g/mol. The van der Waals surface area contributed by atoms with Gasteiger partial charge in [0.15, 0.2) is 0 Å². The molecule has 1 N–H and O–H groups in total. The summed E-state index contributed by atoms with van der Waals surface area (Å²) < 4.78 is 23.4. The predicted molar refractivity (Wildman–Crippen MR) is 73.2 cm³/mol. The average Bonchev–Trinajstić information content (AvgIpc) is 2.53. The Hall–Kier alpha value is -0.0900. The van der Waals surface area contributed by atoms with Crippen molar-refractivity contribution in [1.82, 2.24) is 0 Å². The quantitative estimate of drug-likeness (QED) is 0.787. The lowest BCUT2D eigenvalue weighted by atomic mass is 9.75. The van der Waals surface area contributed by atoms with Gasteiger partial charge in [-0.25, -0.2) is 8.42 Å². The predicted octanol–water partition coefficient (Wildman–Crippen LogP) is 2.53. The van der Waals surface area contributed by atoms with Crippen LogP contribution >= 0.6 is 0 Å². The molecule has 0 aromatic rings. The molecule has 3 nitrogen and oxygen atoms in total. The summed E-state index contributed by atoms with van der Waals surface area (Å²) in [6.45, 7) is 0. The van der Waals surface area contributed by atoms with Crippen LogP contribution in [-0.2, 0) is 9.84 Å². The fourth-order valence-corrected chi connectivity index (χ4v) is 5.02. The molecule has 0 aromatic carbocycles. The highest BCUT2D eigenvalue weighted by Crippen LogP contribution is 2.39. The molecule has 0 spiro atoms. The first-order valence-electron chi connectivity index (χ1n) is 7.35. The summed E-state index contributed by atoms with van der Waals surface area (Å²) in [4.78, 5) is 0. The molecule has 2 fully saturated rings. The molecule has 0 bridgehead atoms. The van der Waals surface area contributed by atoms with E-state index in [0.29, 0.717) is 11.8 Å². The Kier molecular flexibility index (Phi) is 4.70. The molecule has 4 unspecified atom stereocenters. The monoisotopic (exact) mass is 274 g/mol. The second-order valence-electron chi connectivity index (χ2n) is 6.25. The van der Waals surface area contributed by atoms with Crippen molar-refractivity contribution in [2.24, 2.45) is 11.8 Å². The summed E-state index contributed by atoms with van der Waals surface area (Å²) in [6, 6.07) is 0. The molecule has 18 heavy (non-hydrogen) atoms. The first-order valence-corrected chi connectivity index (χ1v) is 9.31. The van der Waals surface area contributed by atoms with E-state index in [-0.39, 0.29) is 11.4 Å². The maximum Gasteiger partial charge on any atom is 0.150 e. The van der Waals surface area contributed by atoms with Gasteiger partial charge >= 0.3 is 0 Å². The number of hydrogen-bond donors (Lipinski definition) is 1. The topological polar surface area (TPSA) is 54.4 Å². The Balaban J connectivity index is 2.03. The number of hydrogen-bond acceptors (Lipinski definition) is 3. The highest BCUT2D eigenvalue weighted by atomic mass is 32.2. The zero-order valence-corrected chi connectivity index (χ0v) is 12.2. The van der Waals surface area contributed by atoms with E-state index in [4.69, 9.17) is 0 Å². The van der Waals surface area contributed by atoms with Crippen LogP contribution in [0.15, 0.2) is 0 Å². The fourth-order valence-electron chi connectivity index (χ4n) is 3.83. The third-order valence-electron chi connectivity index (χ3n) is 4.91. The standard InChI is InChI=1S/C14H26O3S/c1-18(16,17)12-7-5-6-11(10-12)13-8-3-2-4-9-14(13)15/h11-15H,2-10H2,1H3. The maximum atomic E-state index is 11.7. The number of aliphatic hydroxyl groups is 1. The van der Waals surface area contributed by atoms with Crippen LogP contribution in [0.3, 0.4) is 0 Å². The molecule has 0 aromatic heterocycles. The van der Waals surface area contributed by atoms with Gasteiger partial charge < -0.3 is 5.11 Å². The Morgan fingerprint density at radius 1 is 0.944 bits per heavy atom. The molecule has 2 saturated carbocycles. The molecule has 4 atom stereocenters. The van der Waals surface area contributed by atoms with E-state index in [1.54, 1.807) is 0 Å². The van der Waals surface area contributed by atoms with Crippen LogP contribution in [0, 0.1) is 11.8 Å². The summed E-state index contributed by atoms with van der Waals surface area (Å²) in [5, 5.41) is 10.1. The molecular formula is C14H26O3S.